The van der Waals surface area contributed by atoms with Gasteiger partial charge in [-0.1, -0.05) is 158 Å². The lowest BCUT2D eigenvalue weighted by Crippen LogP contribution is -2.35. The summed E-state index contributed by atoms with van der Waals surface area (Å²) >= 11 is 0. The number of phenols is 1. The van der Waals surface area contributed by atoms with Gasteiger partial charge in [-0.3, -0.25) is 4.79 Å². The maximum atomic E-state index is 14.7. The fourth-order valence-corrected chi connectivity index (χ4v) is 7.26. The normalized spacial score (nSPS) is 14.5. The maximum absolute atomic E-state index is 14.7. The number of carbonyl (C=O) groups is 1. The van der Waals surface area contributed by atoms with E-state index in [9.17, 15) is 23.1 Å². The molecule has 1 N–H and O–H groups in total. The molecule has 1 aliphatic rings. The van der Waals surface area contributed by atoms with Gasteiger partial charge in [-0.2, -0.15) is 13.2 Å². The predicted molar refractivity (Wildman–Crippen MR) is 230 cm³/mol. The highest BCUT2D eigenvalue weighted by Gasteiger charge is 2.48. The van der Waals surface area contributed by atoms with Crippen molar-refractivity contribution in [3.05, 3.63) is 214 Å². The number of hydrogen-bond acceptors (Lipinski definition) is 8. The molecule has 1 aliphatic heterocycles. The Hall–Kier alpha value is -7.24. The Kier molecular flexibility index (Phi) is 13.2. The molecule has 7 aromatic rings. The van der Waals surface area contributed by atoms with Crippen molar-refractivity contribution in [3.63, 3.8) is 0 Å². The second-order valence-corrected chi connectivity index (χ2v) is 14.9. The number of rotatable bonds is 17. The fraction of sp³-hybridized carbons (Fsp3) is 0.173. The van der Waals surface area contributed by atoms with Gasteiger partial charge in [0.15, 0.2) is 29.1 Å². The molecule has 0 amide bonds. The Morgan fingerprint density at radius 3 is 1.46 bits per heavy atom. The van der Waals surface area contributed by atoms with Gasteiger partial charge in [0.05, 0.1) is 6.61 Å². The quantitative estimate of drug-likeness (QED) is 0.0906. The van der Waals surface area contributed by atoms with E-state index in [0.29, 0.717) is 22.6 Å². The van der Waals surface area contributed by atoms with Gasteiger partial charge in [0.2, 0.25) is 5.75 Å². The SMILES string of the molecule is O=C(c1c(OCc2ccccc2)c(O)c(OCc2ccccc2)c2c1O[C@H](c1ccc(OCc3ccccc3)c(OCc3ccccc3)c1)[C@@H](OCc1ccccc1)C2)C(F)(F)F. The summed E-state index contributed by atoms with van der Waals surface area (Å²) in [5.74, 6) is -3.62. The number of alkyl halides is 3. The third-order valence-corrected chi connectivity index (χ3v) is 10.4. The highest BCUT2D eigenvalue weighted by molar-refractivity contribution is 6.06. The number of aromatic hydroxyl groups is 1. The molecule has 0 aliphatic carbocycles. The van der Waals surface area contributed by atoms with Crippen LogP contribution in [0.25, 0.3) is 0 Å². The lowest BCUT2D eigenvalue weighted by Gasteiger charge is -2.36. The van der Waals surface area contributed by atoms with Gasteiger partial charge >= 0.3 is 6.18 Å². The molecule has 2 atom stereocenters. The summed E-state index contributed by atoms with van der Waals surface area (Å²) < 4.78 is 82.4. The highest BCUT2D eigenvalue weighted by atomic mass is 19.4. The van der Waals surface area contributed by atoms with Crippen LogP contribution >= 0.6 is 0 Å². The van der Waals surface area contributed by atoms with E-state index in [1.807, 2.05) is 109 Å². The Balaban J connectivity index is 1.25. The van der Waals surface area contributed by atoms with Crippen LogP contribution in [0.4, 0.5) is 13.2 Å². The first kappa shape index (κ1) is 42.5. The molecule has 8 rings (SSSR count). The van der Waals surface area contributed by atoms with E-state index >= 15 is 0 Å². The summed E-state index contributed by atoms with van der Waals surface area (Å²) in [6, 6.07) is 51.4. The number of ketones is 1. The Morgan fingerprint density at radius 1 is 0.556 bits per heavy atom. The third-order valence-electron chi connectivity index (χ3n) is 10.4. The number of phenolic OH excluding ortho intramolecular Hbond substituents is 1. The molecule has 0 fully saturated rings. The molecular formula is C52H43F3O8. The lowest BCUT2D eigenvalue weighted by atomic mass is 9.90. The summed E-state index contributed by atoms with van der Waals surface area (Å²) in [6.07, 6.45) is -7.52. The maximum Gasteiger partial charge on any atom is 0.455 e. The van der Waals surface area contributed by atoms with Crippen LogP contribution in [0.15, 0.2) is 170 Å². The molecule has 0 radical (unpaired) electrons. The van der Waals surface area contributed by atoms with E-state index in [1.165, 1.54) is 0 Å². The number of fused-ring (bicyclic) bond motifs is 1. The lowest BCUT2D eigenvalue weighted by molar-refractivity contribution is -0.0893. The minimum atomic E-state index is -5.38. The highest BCUT2D eigenvalue weighted by Crippen LogP contribution is 2.54. The van der Waals surface area contributed by atoms with Crippen LogP contribution in [0.1, 0.15) is 55.4 Å². The number of carbonyl (C=O) groups excluding carboxylic acids is 1. The van der Waals surface area contributed by atoms with Crippen molar-refractivity contribution in [1.82, 2.24) is 0 Å². The van der Waals surface area contributed by atoms with Crippen molar-refractivity contribution in [3.8, 4) is 34.5 Å². The van der Waals surface area contributed by atoms with Crippen LogP contribution in [0, 0.1) is 0 Å². The average Bonchev–Trinajstić information content (AvgIpc) is 3.32. The zero-order chi connectivity index (χ0) is 43.6. The van der Waals surface area contributed by atoms with Crippen molar-refractivity contribution in [2.24, 2.45) is 0 Å². The number of halogens is 3. The molecular weight excluding hydrogens is 810 g/mol. The number of Topliss-reactive ketones (excluding diaryl/α,β-unsaturated/α-hetero) is 1. The topological polar surface area (TPSA) is 92.7 Å². The predicted octanol–water partition coefficient (Wildman–Crippen LogP) is 11.7. The van der Waals surface area contributed by atoms with Crippen molar-refractivity contribution in [2.45, 2.75) is 57.8 Å². The molecule has 8 nitrogen and oxygen atoms in total. The van der Waals surface area contributed by atoms with Crippen LogP contribution in [-0.4, -0.2) is 23.2 Å². The van der Waals surface area contributed by atoms with Crippen LogP contribution in [-0.2, 0) is 44.2 Å². The van der Waals surface area contributed by atoms with Crippen molar-refractivity contribution in [1.29, 1.82) is 0 Å². The molecule has 0 bridgehead atoms. The minimum absolute atomic E-state index is 0.0146. The van der Waals surface area contributed by atoms with E-state index in [2.05, 4.69) is 0 Å². The zero-order valence-electron chi connectivity index (χ0n) is 34.0. The zero-order valence-corrected chi connectivity index (χ0v) is 34.0. The van der Waals surface area contributed by atoms with Crippen LogP contribution in [0.3, 0.4) is 0 Å². The van der Waals surface area contributed by atoms with Crippen molar-refractivity contribution < 1.29 is 51.5 Å². The molecule has 63 heavy (non-hydrogen) atoms. The summed E-state index contributed by atoms with van der Waals surface area (Å²) in [5.41, 5.74) is 3.46. The molecule has 320 valence electrons. The fourth-order valence-electron chi connectivity index (χ4n) is 7.26. The van der Waals surface area contributed by atoms with Gasteiger partial charge in [0.25, 0.3) is 5.78 Å². The van der Waals surface area contributed by atoms with E-state index in [1.54, 1.807) is 60.7 Å². The summed E-state index contributed by atoms with van der Waals surface area (Å²) in [5, 5.41) is 11.9. The molecule has 0 saturated carbocycles. The van der Waals surface area contributed by atoms with Crippen molar-refractivity contribution >= 4 is 5.78 Å². The first-order valence-corrected chi connectivity index (χ1v) is 20.4. The van der Waals surface area contributed by atoms with Gasteiger partial charge < -0.3 is 33.5 Å². The Bertz CT molecular complexity index is 2590. The van der Waals surface area contributed by atoms with Gasteiger partial charge in [0.1, 0.15) is 43.8 Å². The standard InChI is InChI=1S/C52H43F3O8/c53-52(54,55)51(57)45-48-41(49(61-33-38-22-12-4-13-23-38)46(56)50(45)62-34-39-24-14-5-15-25-39)29-44(60-32-37-20-10-3-11-21-37)47(63-48)40-26-27-42(58-30-35-16-6-1-7-17-35)43(28-40)59-31-36-18-8-2-9-19-36/h1-28,44,47,56H,29-34H2/t44-,47+/m0/s1. The molecule has 7 aromatic carbocycles. The first-order chi connectivity index (χ1) is 30.7. The summed E-state index contributed by atoms with van der Waals surface area (Å²) in [6.45, 7) is 0.179. The average molecular weight is 853 g/mol. The molecule has 0 unspecified atom stereocenters. The van der Waals surface area contributed by atoms with E-state index in [4.69, 9.17) is 28.4 Å². The Labute approximate surface area is 363 Å². The van der Waals surface area contributed by atoms with Crippen molar-refractivity contribution in [2.75, 3.05) is 0 Å². The van der Waals surface area contributed by atoms with Gasteiger partial charge in [-0.15, -0.1) is 0 Å². The molecule has 0 spiro atoms. The van der Waals surface area contributed by atoms with Crippen LogP contribution in [0.2, 0.25) is 0 Å². The van der Waals surface area contributed by atoms with Gasteiger partial charge in [-0.05, 0) is 45.5 Å². The molecule has 1 heterocycles. The summed E-state index contributed by atoms with van der Waals surface area (Å²) in [4.78, 5) is 13.7. The van der Waals surface area contributed by atoms with E-state index in [0.717, 1.165) is 22.3 Å². The Morgan fingerprint density at radius 2 is 0.984 bits per heavy atom. The van der Waals surface area contributed by atoms with Gasteiger partial charge in [-0.25, -0.2) is 0 Å². The minimum Gasteiger partial charge on any atom is -0.502 e. The molecule has 0 saturated heterocycles. The second kappa shape index (κ2) is 19.6. The number of ether oxygens (including phenoxy) is 6. The summed E-state index contributed by atoms with van der Waals surface area (Å²) in [7, 11) is 0. The monoisotopic (exact) mass is 852 g/mol. The van der Waals surface area contributed by atoms with Gasteiger partial charge in [0, 0.05) is 12.0 Å². The number of hydrogen-bond donors (Lipinski definition) is 1. The number of benzene rings is 7. The van der Waals surface area contributed by atoms with Crippen LogP contribution in [0.5, 0.6) is 34.5 Å². The van der Waals surface area contributed by atoms with Crippen LogP contribution < -0.4 is 23.7 Å². The largest absolute Gasteiger partial charge is 0.502 e. The third kappa shape index (κ3) is 10.5. The second-order valence-electron chi connectivity index (χ2n) is 14.9. The first-order valence-electron chi connectivity index (χ1n) is 20.4. The molecule has 0 aromatic heterocycles. The smallest absolute Gasteiger partial charge is 0.455 e. The van der Waals surface area contributed by atoms with E-state index in [-0.39, 0.29) is 50.8 Å². The van der Waals surface area contributed by atoms with E-state index < -0.39 is 47.0 Å². The molecule has 11 heteroatoms.